The fourth-order valence-electron chi connectivity index (χ4n) is 3.53. The largest absolute Gasteiger partial charge is 0.493 e. The van der Waals surface area contributed by atoms with Gasteiger partial charge in [-0.05, 0) is 73.9 Å². The Morgan fingerprint density at radius 1 is 0.941 bits per heavy atom. The van der Waals surface area contributed by atoms with Crippen LogP contribution in [0.1, 0.15) is 29.9 Å². The molecule has 182 valence electrons. The molecule has 1 heterocycles. The smallest absolute Gasteiger partial charge is 0.335 e. The highest BCUT2D eigenvalue weighted by molar-refractivity contribution is 7.15. The molecule has 2 aromatic carbocycles. The molecule has 0 aliphatic heterocycles. The van der Waals surface area contributed by atoms with E-state index in [0.717, 1.165) is 26.6 Å². The van der Waals surface area contributed by atoms with Crippen molar-refractivity contribution in [2.45, 2.75) is 39.9 Å². The van der Waals surface area contributed by atoms with E-state index >= 15 is 0 Å². The van der Waals surface area contributed by atoms with E-state index in [9.17, 15) is 4.79 Å². The van der Waals surface area contributed by atoms with E-state index in [2.05, 4.69) is 13.0 Å². The zero-order valence-electron chi connectivity index (χ0n) is 20.4. The molecular formula is C27H32O6S. The number of carbonyl (C=O) groups is 1. The van der Waals surface area contributed by atoms with E-state index in [-0.39, 0.29) is 5.97 Å². The van der Waals surface area contributed by atoms with E-state index in [4.69, 9.17) is 23.7 Å². The van der Waals surface area contributed by atoms with Crippen LogP contribution in [0.5, 0.6) is 17.2 Å². The van der Waals surface area contributed by atoms with Gasteiger partial charge in [-0.15, -0.1) is 11.3 Å². The normalized spacial score (nSPS) is 11.7. The van der Waals surface area contributed by atoms with Crippen molar-refractivity contribution >= 4 is 17.3 Å². The zero-order chi connectivity index (χ0) is 24.5. The number of carbonyl (C=O) groups excluding carboxylic acids is 1. The highest BCUT2D eigenvalue weighted by Gasteiger charge is 2.20. The molecule has 0 aliphatic rings. The Balaban J connectivity index is 1.64. The summed E-state index contributed by atoms with van der Waals surface area (Å²) < 4.78 is 27.5. The van der Waals surface area contributed by atoms with Gasteiger partial charge in [-0.3, -0.25) is 0 Å². The van der Waals surface area contributed by atoms with Crippen LogP contribution in [0.15, 0.2) is 48.5 Å². The summed E-state index contributed by atoms with van der Waals surface area (Å²) in [7, 11) is 3.27. The third-order valence-corrected chi connectivity index (χ3v) is 6.58. The predicted octanol–water partition coefficient (Wildman–Crippen LogP) is 5.83. The number of hydrogen-bond acceptors (Lipinski definition) is 7. The molecular weight excluding hydrogens is 452 g/mol. The highest BCUT2D eigenvalue weighted by Crippen LogP contribution is 2.37. The maximum Gasteiger partial charge on any atom is 0.335 e. The van der Waals surface area contributed by atoms with Gasteiger partial charge < -0.3 is 23.7 Å². The van der Waals surface area contributed by atoms with Gasteiger partial charge in [0.2, 0.25) is 0 Å². The molecule has 0 aliphatic carbocycles. The lowest BCUT2D eigenvalue weighted by Gasteiger charge is -2.15. The van der Waals surface area contributed by atoms with Gasteiger partial charge >= 0.3 is 5.97 Å². The van der Waals surface area contributed by atoms with Crippen molar-refractivity contribution in [2.24, 2.45) is 0 Å². The van der Waals surface area contributed by atoms with Crippen molar-refractivity contribution in [1.82, 2.24) is 0 Å². The summed E-state index contributed by atoms with van der Waals surface area (Å²) in [5.74, 6) is 1.86. The van der Waals surface area contributed by atoms with Crippen molar-refractivity contribution in [1.29, 1.82) is 0 Å². The summed E-state index contributed by atoms with van der Waals surface area (Å²) in [5.41, 5.74) is 3.24. The second kappa shape index (κ2) is 12.4. The Morgan fingerprint density at radius 3 is 2.32 bits per heavy atom. The molecule has 0 saturated carbocycles. The molecule has 3 rings (SSSR count). The summed E-state index contributed by atoms with van der Waals surface area (Å²) in [4.78, 5) is 14.4. The Morgan fingerprint density at radius 2 is 1.68 bits per heavy atom. The molecule has 0 amide bonds. The topological polar surface area (TPSA) is 63.2 Å². The predicted molar refractivity (Wildman–Crippen MR) is 134 cm³/mol. The van der Waals surface area contributed by atoms with Crippen LogP contribution < -0.4 is 14.2 Å². The Labute approximate surface area is 205 Å². The summed E-state index contributed by atoms with van der Waals surface area (Å²) in [6, 6.07) is 15.8. The molecule has 0 spiro atoms. The number of esters is 1. The molecule has 0 saturated heterocycles. The van der Waals surface area contributed by atoms with E-state index in [1.807, 2.05) is 49.4 Å². The molecule has 1 aromatic heterocycles. The van der Waals surface area contributed by atoms with Gasteiger partial charge in [0.15, 0.2) is 17.6 Å². The highest BCUT2D eigenvalue weighted by atomic mass is 32.1. The first kappa shape index (κ1) is 25.6. The third-order valence-electron chi connectivity index (χ3n) is 5.32. The van der Waals surface area contributed by atoms with E-state index in [0.29, 0.717) is 37.7 Å². The molecule has 1 atom stereocenters. The fourth-order valence-corrected chi connectivity index (χ4v) is 4.61. The molecule has 0 N–H and O–H groups in total. The van der Waals surface area contributed by atoms with Crippen LogP contribution in [-0.4, -0.2) is 39.5 Å². The molecule has 0 bridgehead atoms. The minimum absolute atomic E-state index is 0.330. The number of benzene rings is 2. The van der Waals surface area contributed by atoms with Gasteiger partial charge in [0, 0.05) is 22.8 Å². The number of rotatable bonds is 12. The molecule has 7 heteroatoms. The van der Waals surface area contributed by atoms with Crippen molar-refractivity contribution in [3.63, 3.8) is 0 Å². The van der Waals surface area contributed by atoms with Crippen LogP contribution in [0, 0.1) is 6.92 Å². The first-order valence-corrected chi connectivity index (χ1v) is 12.1. The maximum atomic E-state index is 12.1. The fraction of sp³-hybridized carbons (Fsp3) is 0.370. The van der Waals surface area contributed by atoms with Crippen LogP contribution in [0.4, 0.5) is 0 Å². The second-order valence-electron chi connectivity index (χ2n) is 7.62. The molecule has 3 aromatic rings. The number of thiophene rings is 1. The van der Waals surface area contributed by atoms with Gasteiger partial charge in [-0.1, -0.05) is 12.1 Å². The van der Waals surface area contributed by atoms with Crippen LogP contribution in [0.2, 0.25) is 0 Å². The van der Waals surface area contributed by atoms with Crippen molar-refractivity contribution in [2.75, 3.05) is 27.4 Å². The van der Waals surface area contributed by atoms with Crippen molar-refractivity contribution < 1.29 is 28.5 Å². The first-order chi connectivity index (χ1) is 16.5. The van der Waals surface area contributed by atoms with Crippen molar-refractivity contribution in [3.05, 3.63) is 64.5 Å². The van der Waals surface area contributed by atoms with Crippen LogP contribution >= 0.6 is 11.3 Å². The van der Waals surface area contributed by atoms with E-state index in [1.165, 1.54) is 5.56 Å². The average molecular weight is 485 g/mol. The number of aryl methyl sites for hydroxylation is 1. The first-order valence-electron chi connectivity index (χ1n) is 11.3. The minimum Gasteiger partial charge on any atom is -0.493 e. The monoisotopic (exact) mass is 484 g/mol. The molecule has 0 radical (unpaired) electrons. The quantitative estimate of drug-likeness (QED) is 0.301. The van der Waals surface area contributed by atoms with Crippen LogP contribution in [0.25, 0.3) is 10.4 Å². The molecule has 6 nitrogen and oxygen atoms in total. The summed E-state index contributed by atoms with van der Waals surface area (Å²) in [5, 5.41) is 0. The Hall–Kier alpha value is -3.03. The van der Waals surface area contributed by atoms with Gasteiger partial charge in [0.1, 0.15) is 12.4 Å². The molecule has 1 unspecified atom stereocenters. The summed E-state index contributed by atoms with van der Waals surface area (Å²) >= 11 is 1.70. The van der Waals surface area contributed by atoms with Gasteiger partial charge in [-0.2, -0.15) is 0 Å². The van der Waals surface area contributed by atoms with Crippen LogP contribution in [0.3, 0.4) is 0 Å². The number of hydrogen-bond donors (Lipinski definition) is 0. The van der Waals surface area contributed by atoms with Crippen LogP contribution in [-0.2, 0) is 27.3 Å². The lowest BCUT2D eigenvalue weighted by Crippen LogP contribution is -2.28. The van der Waals surface area contributed by atoms with Crippen molar-refractivity contribution in [3.8, 4) is 27.7 Å². The SMILES string of the molecule is CCOC(=O)C(Cc1ccc(OCc2sc(-c3ccc(OC)c(OC)c3)cc2C)cc1)OCC. The second-order valence-corrected chi connectivity index (χ2v) is 8.76. The van der Waals surface area contributed by atoms with E-state index < -0.39 is 6.10 Å². The third kappa shape index (κ3) is 6.52. The number of ether oxygens (including phenoxy) is 5. The number of methoxy groups -OCH3 is 2. The molecule has 0 fully saturated rings. The van der Waals surface area contributed by atoms with Gasteiger partial charge in [-0.25, -0.2) is 4.79 Å². The van der Waals surface area contributed by atoms with E-state index in [1.54, 1.807) is 32.5 Å². The maximum absolute atomic E-state index is 12.1. The Bertz CT molecular complexity index is 1070. The minimum atomic E-state index is -0.597. The van der Waals surface area contributed by atoms with Gasteiger partial charge in [0.25, 0.3) is 0 Å². The lowest BCUT2D eigenvalue weighted by atomic mass is 10.1. The summed E-state index contributed by atoms with van der Waals surface area (Å²) in [6.07, 6.45) is -0.133. The zero-order valence-corrected chi connectivity index (χ0v) is 21.2. The average Bonchev–Trinajstić information content (AvgIpc) is 3.23. The lowest BCUT2D eigenvalue weighted by molar-refractivity contribution is -0.156. The summed E-state index contributed by atoms with van der Waals surface area (Å²) in [6.45, 7) is 7.02. The standard InChI is InChI=1S/C27H32O6S/c1-6-31-24(27(28)32-7-2)15-19-8-11-21(12-9-19)33-17-26-18(3)14-25(34-26)20-10-13-22(29-4)23(16-20)30-5/h8-14,16,24H,6-7,15,17H2,1-5H3. The van der Waals surface area contributed by atoms with Gasteiger partial charge in [0.05, 0.1) is 20.8 Å². The molecule has 34 heavy (non-hydrogen) atoms. The Kier molecular flexibility index (Phi) is 9.36.